The third kappa shape index (κ3) is 2.76. The highest BCUT2D eigenvalue weighted by atomic mass is 32.1. The Hall–Kier alpha value is -0.840. The smallest absolute Gasteiger partial charge is 0.134 e. The van der Waals surface area contributed by atoms with E-state index in [4.69, 9.17) is 4.74 Å². The van der Waals surface area contributed by atoms with E-state index in [1.807, 2.05) is 6.07 Å². The standard InChI is InChI=1S/C14H19NOS2/c1-4-7-15-13(11-5-8-17-10(11)2)14-12(16-3)6-9-18-14/h5-6,8-9,13,15H,4,7H2,1-3H3. The molecule has 2 heterocycles. The van der Waals surface area contributed by atoms with Crippen molar-refractivity contribution >= 4 is 22.7 Å². The fourth-order valence-corrected chi connectivity index (χ4v) is 3.71. The maximum absolute atomic E-state index is 5.46. The third-order valence-electron chi connectivity index (χ3n) is 2.95. The van der Waals surface area contributed by atoms with Gasteiger partial charge in [0.25, 0.3) is 0 Å². The highest BCUT2D eigenvalue weighted by Gasteiger charge is 2.21. The monoisotopic (exact) mass is 281 g/mol. The molecule has 0 fully saturated rings. The van der Waals surface area contributed by atoms with E-state index in [9.17, 15) is 0 Å². The molecule has 18 heavy (non-hydrogen) atoms. The first-order valence-electron chi connectivity index (χ1n) is 6.16. The van der Waals surface area contributed by atoms with E-state index in [2.05, 4.69) is 36.0 Å². The highest BCUT2D eigenvalue weighted by molar-refractivity contribution is 7.10. The molecule has 0 aliphatic carbocycles. The van der Waals surface area contributed by atoms with Crippen LogP contribution < -0.4 is 10.1 Å². The number of aryl methyl sites for hydroxylation is 1. The van der Waals surface area contributed by atoms with Gasteiger partial charge < -0.3 is 10.1 Å². The van der Waals surface area contributed by atoms with Crippen LogP contribution in [0.1, 0.15) is 34.7 Å². The first-order valence-corrected chi connectivity index (χ1v) is 7.92. The van der Waals surface area contributed by atoms with Crippen LogP contribution in [0, 0.1) is 6.92 Å². The molecule has 0 aliphatic rings. The van der Waals surface area contributed by atoms with E-state index >= 15 is 0 Å². The number of rotatable bonds is 6. The number of thiophene rings is 2. The van der Waals surface area contributed by atoms with Gasteiger partial charge in [-0.3, -0.25) is 0 Å². The average molecular weight is 281 g/mol. The number of nitrogens with one attached hydrogen (secondary N) is 1. The molecule has 1 N–H and O–H groups in total. The Morgan fingerprint density at radius 3 is 2.67 bits per heavy atom. The highest BCUT2D eigenvalue weighted by Crippen LogP contribution is 2.37. The summed E-state index contributed by atoms with van der Waals surface area (Å²) in [6.45, 7) is 5.39. The molecule has 2 rings (SSSR count). The molecular weight excluding hydrogens is 262 g/mol. The molecule has 0 saturated carbocycles. The van der Waals surface area contributed by atoms with Gasteiger partial charge >= 0.3 is 0 Å². The van der Waals surface area contributed by atoms with Crippen molar-refractivity contribution in [2.75, 3.05) is 13.7 Å². The van der Waals surface area contributed by atoms with Gasteiger partial charge in [-0.2, -0.15) is 0 Å². The van der Waals surface area contributed by atoms with Gasteiger partial charge in [-0.15, -0.1) is 22.7 Å². The summed E-state index contributed by atoms with van der Waals surface area (Å²) in [5.41, 5.74) is 1.37. The maximum atomic E-state index is 5.46. The lowest BCUT2D eigenvalue weighted by Gasteiger charge is -2.18. The maximum Gasteiger partial charge on any atom is 0.134 e. The van der Waals surface area contributed by atoms with Crippen LogP contribution in [0.3, 0.4) is 0 Å². The van der Waals surface area contributed by atoms with E-state index in [1.54, 1.807) is 29.8 Å². The van der Waals surface area contributed by atoms with Gasteiger partial charge in [0, 0.05) is 4.88 Å². The minimum Gasteiger partial charge on any atom is -0.496 e. The Bertz CT molecular complexity index is 489. The zero-order chi connectivity index (χ0) is 13.0. The van der Waals surface area contributed by atoms with E-state index in [0.717, 1.165) is 18.7 Å². The second-order valence-electron chi connectivity index (χ2n) is 4.17. The molecular formula is C14H19NOS2. The predicted molar refractivity (Wildman–Crippen MR) is 80.1 cm³/mol. The molecule has 1 unspecified atom stereocenters. The van der Waals surface area contributed by atoms with Crippen LogP contribution in [0.5, 0.6) is 5.75 Å². The van der Waals surface area contributed by atoms with E-state index < -0.39 is 0 Å². The van der Waals surface area contributed by atoms with Crippen LogP contribution in [0.25, 0.3) is 0 Å². The second kappa shape index (κ2) is 6.36. The van der Waals surface area contributed by atoms with Crippen molar-refractivity contribution in [3.8, 4) is 5.75 Å². The van der Waals surface area contributed by atoms with E-state index in [0.29, 0.717) is 0 Å². The van der Waals surface area contributed by atoms with Crippen molar-refractivity contribution in [1.82, 2.24) is 5.32 Å². The minimum atomic E-state index is 0.256. The normalized spacial score (nSPS) is 12.6. The predicted octanol–water partition coefficient (Wildman–Crippen LogP) is 4.22. The first-order chi connectivity index (χ1) is 8.77. The third-order valence-corrected chi connectivity index (χ3v) is 4.77. The fourth-order valence-electron chi connectivity index (χ4n) is 2.02. The van der Waals surface area contributed by atoms with Crippen molar-refractivity contribution in [2.45, 2.75) is 26.3 Å². The number of ether oxygens (including phenoxy) is 1. The topological polar surface area (TPSA) is 21.3 Å². The van der Waals surface area contributed by atoms with Crippen molar-refractivity contribution in [1.29, 1.82) is 0 Å². The summed E-state index contributed by atoms with van der Waals surface area (Å²) in [6, 6.07) is 4.51. The quantitative estimate of drug-likeness (QED) is 0.856. The molecule has 0 radical (unpaired) electrons. The Balaban J connectivity index is 2.34. The second-order valence-corrected chi connectivity index (χ2v) is 6.24. The summed E-state index contributed by atoms with van der Waals surface area (Å²) in [7, 11) is 1.74. The van der Waals surface area contributed by atoms with Crippen molar-refractivity contribution in [3.63, 3.8) is 0 Å². The number of hydrogen-bond acceptors (Lipinski definition) is 4. The summed E-state index contributed by atoms with van der Waals surface area (Å²) in [5.74, 6) is 0.985. The van der Waals surface area contributed by atoms with Gasteiger partial charge in [0.2, 0.25) is 0 Å². The van der Waals surface area contributed by atoms with Crippen molar-refractivity contribution < 1.29 is 4.74 Å². The summed E-state index contributed by atoms with van der Waals surface area (Å²) in [4.78, 5) is 2.64. The van der Waals surface area contributed by atoms with Gasteiger partial charge in [0.05, 0.1) is 18.0 Å². The average Bonchev–Trinajstić information content (AvgIpc) is 2.99. The van der Waals surface area contributed by atoms with Gasteiger partial charge in [0.1, 0.15) is 5.75 Å². The molecule has 1 atom stereocenters. The molecule has 4 heteroatoms. The van der Waals surface area contributed by atoms with Crippen LogP contribution >= 0.6 is 22.7 Å². The number of methoxy groups -OCH3 is 1. The molecule has 0 saturated heterocycles. The largest absolute Gasteiger partial charge is 0.496 e. The van der Waals surface area contributed by atoms with Crippen LogP contribution in [0.15, 0.2) is 22.9 Å². The Labute approximate surface area is 117 Å². The molecule has 0 amide bonds. The van der Waals surface area contributed by atoms with Gasteiger partial charge in [0.15, 0.2) is 0 Å². The molecule has 2 aromatic heterocycles. The zero-order valence-corrected chi connectivity index (χ0v) is 12.7. The fraction of sp³-hybridized carbons (Fsp3) is 0.429. The Morgan fingerprint density at radius 2 is 2.06 bits per heavy atom. The summed E-state index contributed by atoms with van der Waals surface area (Å²) < 4.78 is 5.46. The minimum absolute atomic E-state index is 0.256. The van der Waals surface area contributed by atoms with E-state index in [1.165, 1.54) is 15.3 Å². The van der Waals surface area contributed by atoms with Crippen LogP contribution in [-0.2, 0) is 0 Å². The first kappa shape index (κ1) is 13.6. The molecule has 2 nitrogen and oxygen atoms in total. The molecule has 0 aromatic carbocycles. The van der Waals surface area contributed by atoms with Gasteiger partial charge in [-0.25, -0.2) is 0 Å². The van der Waals surface area contributed by atoms with Gasteiger partial charge in [-0.05, 0) is 48.3 Å². The van der Waals surface area contributed by atoms with Crippen molar-refractivity contribution in [2.24, 2.45) is 0 Å². The van der Waals surface area contributed by atoms with Crippen LogP contribution in [0.2, 0.25) is 0 Å². The SMILES string of the molecule is CCCNC(c1ccsc1C)c1sccc1OC. The lowest BCUT2D eigenvalue weighted by molar-refractivity contribution is 0.407. The van der Waals surface area contributed by atoms with E-state index in [-0.39, 0.29) is 6.04 Å². The number of hydrogen-bond donors (Lipinski definition) is 1. The molecule has 0 spiro atoms. The van der Waals surface area contributed by atoms with Crippen molar-refractivity contribution in [3.05, 3.63) is 38.2 Å². The molecule has 0 bridgehead atoms. The summed E-state index contributed by atoms with van der Waals surface area (Å²) in [6.07, 6.45) is 1.13. The molecule has 0 aliphatic heterocycles. The molecule has 2 aromatic rings. The van der Waals surface area contributed by atoms with Crippen LogP contribution in [0.4, 0.5) is 0 Å². The molecule has 98 valence electrons. The Morgan fingerprint density at radius 1 is 1.28 bits per heavy atom. The Kier molecular flexibility index (Phi) is 4.80. The lowest BCUT2D eigenvalue weighted by atomic mass is 10.1. The summed E-state index contributed by atoms with van der Waals surface area (Å²) in [5, 5.41) is 7.88. The van der Waals surface area contributed by atoms with Gasteiger partial charge in [-0.1, -0.05) is 6.92 Å². The zero-order valence-electron chi connectivity index (χ0n) is 11.0. The van der Waals surface area contributed by atoms with Crippen LogP contribution in [-0.4, -0.2) is 13.7 Å². The lowest BCUT2D eigenvalue weighted by Crippen LogP contribution is -2.22. The summed E-state index contributed by atoms with van der Waals surface area (Å²) >= 11 is 3.56.